The lowest BCUT2D eigenvalue weighted by Gasteiger charge is -2.43. The van der Waals surface area contributed by atoms with E-state index in [2.05, 4.69) is 18.5 Å². The molecule has 0 spiro atoms. The van der Waals surface area contributed by atoms with Gasteiger partial charge in [0.25, 0.3) is 5.91 Å². The van der Waals surface area contributed by atoms with Crippen molar-refractivity contribution in [2.75, 3.05) is 18.4 Å². The molecule has 6 heteroatoms. The fourth-order valence-corrected chi connectivity index (χ4v) is 4.68. The summed E-state index contributed by atoms with van der Waals surface area (Å²) in [7, 11) is 0. The molecule has 0 aromatic heterocycles. The second-order valence-electron chi connectivity index (χ2n) is 8.05. The molecule has 2 saturated carbocycles. The van der Waals surface area contributed by atoms with Gasteiger partial charge in [0.2, 0.25) is 5.91 Å². The maximum absolute atomic E-state index is 12.8. The Morgan fingerprint density at radius 1 is 1.07 bits per heavy atom. The van der Waals surface area contributed by atoms with Gasteiger partial charge < -0.3 is 16.0 Å². The lowest BCUT2D eigenvalue weighted by molar-refractivity contribution is -0.122. The van der Waals surface area contributed by atoms with E-state index >= 15 is 0 Å². The van der Waals surface area contributed by atoms with Crippen LogP contribution in [0.1, 0.15) is 42.5 Å². The van der Waals surface area contributed by atoms with Gasteiger partial charge in [0.1, 0.15) is 0 Å². The molecule has 1 aromatic rings. The number of anilines is 1. The van der Waals surface area contributed by atoms with Crippen LogP contribution in [0.2, 0.25) is 0 Å². The second-order valence-corrected chi connectivity index (χ2v) is 8.05. The minimum atomic E-state index is -0.0771. The Bertz CT molecular complexity index is 710. The number of nitrogens with two attached hydrogens (primary N) is 1. The van der Waals surface area contributed by atoms with Crippen LogP contribution in [0.15, 0.2) is 49.6 Å². The first-order valence-corrected chi connectivity index (χ1v) is 10.2. The quantitative estimate of drug-likeness (QED) is 0.658. The first-order valence-electron chi connectivity index (χ1n) is 10.2. The third-order valence-corrected chi connectivity index (χ3v) is 6.17. The number of halogens is 1. The molecule has 2 atom stereocenters. The number of hydrogen-bond acceptors (Lipinski definition) is 3. The van der Waals surface area contributed by atoms with Crippen LogP contribution in [0.5, 0.6) is 0 Å². The van der Waals surface area contributed by atoms with Gasteiger partial charge in [-0.25, -0.2) is 0 Å². The molecule has 0 radical (unpaired) electrons. The average Bonchev–Trinajstić information content (AvgIpc) is 2.67. The van der Waals surface area contributed by atoms with Crippen molar-refractivity contribution in [1.82, 2.24) is 4.90 Å². The Balaban J connectivity index is 0.00000300. The van der Waals surface area contributed by atoms with E-state index in [1.54, 1.807) is 41.3 Å². The van der Waals surface area contributed by atoms with Crippen LogP contribution in [0.25, 0.3) is 0 Å². The largest absolute Gasteiger partial charge is 0.331 e. The lowest BCUT2D eigenvalue weighted by Crippen LogP contribution is -2.48. The predicted molar refractivity (Wildman–Crippen MR) is 120 cm³/mol. The van der Waals surface area contributed by atoms with Crippen molar-refractivity contribution in [1.29, 1.82) is 0 Å². The summed E-state index contributed by atoms with van der Waals surface area (Å²) in [4.78, 5) is 27.0. The summed E-state index contributed by atoms with van der Waals surface area (Å²) in [5.74, 6) is 0.981. The highest BCUT2D eigenvalue weighted by atomic mass is 35.5. The number of benzene rings is 1. The molecule has 29 heavy (non-hydrogen) atoms. The summed E-state index contributed by atoms with van der Waals surface area (Å²) < 4.78 is 0. The normalized spacial score (nSPS) is 25.3. The number of amides is 2. The van der Waals surface area contributed by atoms with Crippen molar-refractivity contribution in [3.8, 4) is 0 Å². The number of nitrogens with one attached hydrogen (secondary N) is 1. The number of carbonyl (C=O) groups excluding carboxylic acids is 2. The summed E-state index contributed by atoms with van der Waals surface area (Å²) in [5.41, 5.74) is 7.64. The van der Waals surface area contributed by atoms with E-state index in [-0.39, 0.29) is 36.2 Å². The van der Waals surface area contributed by atoms with Gasteiger partial charge in [-0.05, 0) is 61.8 Å². The number of nitrogens with zero attached hydrogens (tertiary/aromatic N) is 1. The molecule has 2 fully saturated rings. The fraction of sp³-hybridized carbons (Fsp3) is 0.478. The van der Waals surface area contributed by atoms with Crippen LogP contribution in [-0.2, 0) is 4.79 Å². The van der Waals surface area contributed by atoms with Crippen LogP contribution in [-0.4, -0.2) is 35.8 Å². The zero-order valence-corrected chi connectivity index (χ0v) is 17.7. The van der Waals surface area contributed by atoms with Crippen molar-refractivity contribution in [2.24, 2.45) is 23.5 Å². The number of hydrogen-bond donors (Lipinski definition) is 2. The number of fused-ring (bicyclic) bond motifs is 2. The molecule has 2 unspecified atom stereocenters. The fourth-order valence-electron chi connectivity index (χ4n) is 4.68. The van der Waals surface area contributed by atoms with Gasteiger partial charge in [-0.3, -0.25) is 9.59 Å². The zero-order valence-electron chi connectivity index (χ0n) is 16.9. The molecule has 0 saturated heterocycles. The molecule has 0 aliphatic heterocycles. The molecule has 3 rings (SSSR count). The van der Waals surface area contributed by atoms with E-state index in [4.69, 9.17) is 5.73 Å². The third-order valence-electron chi connectivity index (χ3n) is 6.17. The third kappa shape index (κ3) is 5.49. The van der Waals surface area contributed by atoms with E-state index < -0.39 is 0 Å². The SMILES string of the molecule is C=CCN(CC=C)C(=O)c1ccc(NC(=O)C2CC3CCCC(C2)C3N)cc1.Cl. The molecular formula is C23H32ClN3O2. The summed E-state index contributed by atoms with van der Waals surface area (Å²) in [5, 5.41) is 3.02. The molecule has 2 bridgehead atoms. The van der Waals surface area contributed by atoms with Crippen LogP contribution in [0, 0.1) is 17.8 Å². The van der Waals surface area contributed by atoms with Gasteiger partial charge in [-0.2, -0.15) is 0 Å². The summed E-state index contributed by atoms with van der Waals surface area (Å²) >= 11 is 0. The first-order chi connectivity index (χ1) is 13.5. The van der Waals surface area contributed by atoms with E-state index in [0.717, 1.165) is 31.4 Å². The van der Waals surface area contributed by atoms with Gasteiger partial charge in [-0.1, -0.05) is 18.6 Å². The highest BCUT2D eigenvalue weighted by Crippen LogP contribution is 2.42. The molecule has 2 amide bonds. The molecule has 5 nitrogen and oxygen atoms in total. The molecule has 1 aromatic carbocycles. The van der Waals surface area contributed by atoms with Crippen LogP contribution >= 0.6 is 12.4 Å². The van der Waals surface area contributed by atoms with E-state index in [1.807, 2.05) is 0 Å². The average molecular weight is 418 g/mol. The van der Waals surface area contributed by atoms with Gasteiger partial charge in [0, 0.05) is 36.3 Å². The standard InChI is InChI=1S/C23H31N3O2.ClH/c1-3-12-26(13-4-2)23(28)16-8-10-20(11-9-16)25-22(27)19-14-17-6-5-7-18(15-19)21(17)24;/h3-4,8-11,17-19,21H,1-2,5-7,12-15,24H2,(H,25,27);1H. The van der Waals surface area contributed by atoms with Crippen molar-refractivity contribution < 1.29 is 9.59 Å². The maximum atomic E-state index is 12.8. The van der Waals surface area contributed by atoms with Gasteiger partial charge in [0.05, 0.1) is 0 Å². The Labute approximate surface area is 179 Å². The molecule has 3 N–H and O–H groups in total. The van der Waals surface area contributed by atoms with Crippen LogP contribution in [0.4, 0.5) is 5.69 Å². The highest BCUT2D eigenvalue weighted by molar-refractivity contribution is 5.96. The molecule has 0 heterocycles. The van der Waals surface area contributed by atoms with Crippen molar-refractivity contribution in [2.45, 2.75) is 38.1 Å². The Hall–Kier alpha value is -2.11. The lowest BCUT2D eigenvalue weighted by atomic mass is 9.65. The smallest absolute Gasteiger partial charge is 0.254 e. The second kappa shape index (κ2) is 10.6. The summed E-state index contributed by atoms with van der Waals surface area (Å²) in [6.45, 7) is 8.32. The molecule has 158 valence electrons. The number of carbonyl (C=O) groups is 2. The van der Waals surface area contributed by atoms with Crippen molar-refractivity contribution in [3.63, 3.8) is 0 Å². The van der Waals surface area contributed by atoms with Gasteiger partial charge in [-0.15, -0.1) is 25.6 Å². The summed E-state index contributed by atoms with van der Waals surface area (Å²) in [6, 6.07) is 7.35. The van der Waals surface area contributed by atoms with Crippen molar-refractivity contribution in [3.05, 3.63) is 55.1 Å². The summed E-state index contributed by atoms with van der Waals surface area (Å²) in [6.07, 6.45) is 8.69. The minimum absolute atomic E-state index is 0. The first kappa shape index (κ1) is 23.2. The zero-order chi connectivity index (χ0) is 20.1. The van der Waals surface area contributed by atoms with Crippen LogP contribution in [0.3, 0.4) is 0 Å². The molecule has 2 aliphatic rings. The van der Waals surface area contributed by atoms with E-state index in [0.29, 0.717) is 30.5 Å². The Morgan fingerprint density at radius 2 is 1.62 bits per heavy atom. The predicted octanol–water partition coefficient (Wildman–Crippen LogP) is 4.01. The Kier molecular flexibility index (Phi) is 8.47. The van der Waals surface area contributed by atoms with E-state index in [1.165, 1.54) is 6.42 Å². The topological polar surface area (TPSA) is 75.4 Å². The molecule has 2 aliphatic carbocycles. The van der Waals surface area contributed by atoms with Gasteiger partial charge >= 0.3 is 0 Å². The maximum Gasteiger partial charge on any atom is 0.254 e. The van der Waals surface area contributed by atoms with Crippen molar-refractivity contribution >= 4 is 29.9 Å². The van der Waals surface area contributed by atoms with E-state index in [9.17, 15) is 9.59 Å². The van der Waals surface area contributed by atoms with Crippen LogP contribution < -0.4 is 11.1 Å². The monoisotopic (exact) mass is 417 g/mol. The Morgan fingerprint density at radius 3 is 2.14 bits per heavy atom. The van der Waals surface area contributed by atoms with Gasteiger partial charge in [0.15, 0.2) is 0 Å². The minimum Gasteiger partial charge on any atom is -0.331 e. The molecular weight excluding hydrogens is 386 g/mol. The number of rotatable bonds is 7. The highest BCUT2D eigenvalue weighted by Gasteiger charge is 2.40.